The first-order valence-electron chi connectivity index (χ1n) is 6.74. The predicted molar refractivity (Wildman–Crippen MR) is 81.0 cm³/mol. The molecule has 0 atom stereocenters. The van der Waals surface area contributed by atoms with Crippen LogP contribution in [0.5, 0.6) is 0 Å². The molecule has 2 aromatic rings. The van der Waals surface area contributed by atoms with E-state index in [0.717, 1.165) is 29.6 Å². The van der Waals surface area contributed by atoms with Crippen molar-refractivity contribution < 1.29 is 4.79 Å². The molecule has 3 rings (SSSR count). The van der Waals surface area contributed by atoms with Crippen LogP contribution >= 0.6 is 11.8 Å². The molecule has 0 N–H and O–H groups in total. The molecule has 0 saturated carbocycles. The number of carbonyl (C=O) groups excluding carboxylic acids is 1. The number of rotatable bonds is 4. The molecule has 0 aliphatic carbocycles. The molecule has 1 aliphatic heterocycles. The number of aromatic nitrogens is 2. The second kappa shape index (κ2) is 5.71. The smallest absolute Gasteiger partial charge is 0.227 e. The second-order valence-corrected chi connectivity index (χ2v) is 5.91. The number of imidazole rings is 1. The molecule has 1 aliphatic rings. The first-order chi connectivity index (χ1) is 9.75. The van der Waals surface area contributed by atoms with E-state index in [0.29, 0.717) is 6.42 Å². The number of anilines is 1. The molecule has 20 heavy (non-hydrogen) atoms. The molecular weight excluding hydrogens is 270 g/mol. The molecule has 0 bridgehead atoms. The normalized spacial score (nSPS) is 13.6. The lowest BCUT2D eigenvalue weighted by atomic mass is 10.2. The summed E-state index contributed by atoms with van der Waals surface area (Å²) in [5.41, 5.74) is 2.36. The molecule has 1 amide bonds. The van der Waals surface area contributed by atoms with Crippen LogP contribution in [0, 0.1) is 0 Å². The number of benzene rings is 1. The number of hydrogen-bond acceptors (Lipinski definition) is 3. The van der Waals surface area contributed by atoms with Gasteiger partial charge in [0.25, 0.3) is 0 Å². The van der Waals surface area contributed by atoms with Crippen molar-refractivity contribution in [2.75, 3.05) is 17.2 Å². The van der Waals surface area contributed by atoms with Crippen molar-refractivity contribution in [2.24, 2.45) is 7.05 Å². The van der Waals surface area contributed by atoms with E-state index in [2.05, 4.69) is 11.1 Å². The van der Waals surface area contributed by atoms with Gasteiger partial charge in [-0.2, -0.15) is 0 Å². The van der Waals surface area contributed by atoms with E-state index < -0.39 is 0 Å². The number of hydrogen-bond donors (Lipinski definition) is 0. The quantitative estimate of drug-likeness (QED) is 0.811. The van der Waals surface area contributed by atoms with Crippen molar-refractivity contribution in [3.63, 3.8) is 0 Å². The minimum Gasteiger partial charge on any atom is -0.329 e. The van der Waals surface area contributed by atoms with E-state index in [1.54, 1.807) is 18.0 Å². The third-order valence-electron chi connectivity index (χ3n) is 3.51. The van der Waals surface area contributed by atoms with Crippen molar-refractivity contribution in [2.45, 2.75) is 18.0 Å². The lowest BCUT2D eigenvalue weighted by Gasteiger charge is -2.17. The number of aryl methyl sites for hydroxylation is 1. The maximum atomic E-state index is 12.3. The van der Waals surface area contributed by atoms with Crippen LogP contribution in [0.25, 0.3) is 0 Å². The van der Waals surface area contributed by atoms with Gasteiger partial charge >= 0.3 is 0 Å². The summed E-state index contributed by atoms with van der Waals surface area (Å²) >= 11 is 1.63. The number of amides is 1. The standard InChI is InChI=1S/C15H17N3OS/c1-17-10-8-16-15(17)20-11-7-14(19)18-9-6-12-4-2-3-5-13(12)18/h2-5,8,10H,6-7,9,11H2,1H3. The average molecular weight is 287 g/mol. The topological polar surface area (TPSA) is 38.1 Å². The van der Waals surface area contributed by atoms with Gasteiger partial charge in [0.15, 0.2) is 5.16 Å². The van der Waals surface area contributed by atoms with Crippen LogP contribution in [0.1, 0.15) is 12.0 Å². The lowest BCUT2D eigenvalue weighted by Crippen LogP contribution is -2.29. The van der Waals surface area contributed by atoms with E-state index in [1.807, 2.05) is 40.9 Å². The fourth-order valence-corrected chi connectivity index (χ4v) is 3.31. The molecule has 0 unspecified atom stereocenters. The summed E-state index contributed by atoms with van der Waals surface area (Å²) in [5.74, 6) is 0.971. The molecule has 2 heterocycles. The molecule has 4 nitrogen and oxygen atoms in total. The SMILES string of the molecule is Cn1ccnc1SCCC(=O)N1CCc2ccccc21. The van der Waals surface area contributed by atoms with Crippen molar-refractivity contribution in [3.8, 4) is 0 Å². The Morgan fingerprint density at radius 2 is 2.25 bits per heavy atom. The predicted octanol–water partition coefficient (Wildman–Crippen LogP) is 2.49. The number of carbonyl (C=O) groups is 1. The third-order valence-corrected chi connectivity index (χ3v) is 4.57. The Labute approximate surface area is 122 Å². The van der Waals surface area contributed by atoms with E-state index >= 15 is 0 Å². The summed E-state index contributed by atoms with van der Waals surface area (Å²) < 4.78 is 1.97. The first-order valence-corrected chi connectivity index (χ1v) is 7.72. The van der Waals surface area contributed by atoms with Crippen molar-refractivity contribution >= 4 is 23.4 Å². The van der Waals surface area contributed by atoms with E-state index in [-0.39, 0.29) is 5.91 Å². The highest BCUT2D eigenvalue weighted by Crippen LogP contribution is 2.28. The van der Waals surface area contributed by atoms with Crippen molar-refractivity contribution in [1.82, 2.24) is 9.55 Å². The Kier molecular flexibility index (Phi) is 3.78. The van der Waals surface area contributed by atoms with Gasteiger partial charge in [0.2, 0.25) is 5.91 Å². The Bertz CT molecular complexity index is 623. The zero-order chi connectivity index (χ0) is 13.9. The Balaban J connectivity index is 1.57. The minimum atomic E-state index is 0.205. The maximum absolute atomic E-state index is 12.3. The number of fused-ring (bicyclic) bond motifs is 1. The zero-order valence-electron chi connectivity index (χ0n) is 11.5. The van der Waals surface area contributed by atoms with Crippen LogP contribution in [0.3, 0.4) is 0 Å². The van der Waals surface area contributed by atoms with Crippen LogP contribution in [-0.2, 0) is 18.3 Å². The molecule has 5 heteroatoms. The fourth-order valence-electron chi connectivity index (χ4n) is 2.45. The molecule has 1 aromatic heterocycles. The van der Waals surface area contributed by atoms with Gasteiger partial charge in [0.05, 0.1) is 0 Å². The van der Waals surface area contributed by atoms with Gasteiger partial charge in [-0.1, -0.05) is 30.0 Å². The zero-order valence-corrected chi connectivity index (χ0v) is 12.3. The fraction of sp³-hybridized carbons (Fsp3) is 0.333. The number of thioether (sulfide) groups is 1. The number of nitrogens with zero attached hydrogens (tertiary/aromatic N) is 3. The highest BCUT2D eigenvalue weighted by Gasteiger charge is 2.23. The van der Waals surface area contributed by atoms with Gasteiger partial charge in [0, 0.05) is 43.8 Å². The summed E-state index contributed by atoms with van der Waals surface area (Å²) in [7, 11) is 1.97. The molecule has 104 valence electrons. The first kappa shape index (κ1) is 13.2. The van der Waals surface area contributed by atoms with Gasteiger partial charge in [-0.25, -0.2) is 4.98 Å². The van der Waals surface area contributed by atoms with Crippen LogP contribution < -0.4 is 4.90 Å². The summed E-state index contributed by atoms with van der Waals surface area (Å²) in [6.45, 7) is 0.811. The van der Waals surface area contributed by atoms with Gasteiger partial charge in [-0.15, -0.1) is 0 Å². The van der Waals surface area contributed by atoms with Crippen molar-refractivity contribution in [3.05, 3.63) is 42.2 Å². The molecule has 0 fully saturated rings. The lowest BCUT2D eigenvalue weighted by molar-refractivity contribution is -0.118. The average Bonchev–Trinajstić information content (AvgIpc) is 3.05. The Morgan fingerprint density at radius 1 is 1.40 bits per heavy atom. The second-order valence-electron chi connectivity index (χ2n) is 4.84. The molecule has 1 aromatic carbocycles. The molecule has 0 radical (unpaired) electrons. The monoisotopic (exact) mass is 287 g/mol. The highest BCUT2D eigenvalue weighted by atomic mass is 32.2. The largest absolute Gasteiger partial charge is 0.329 e. The summed E-state index contributed by atoms with van der Waals surface area (Å²) in [4.78, 5) is 18.5. The summed E-state index contributed by atoms with van der Waals surface area (Å²) in [6, 6.07) is 8.16. The highest BCUT2D eigenvalue weighted by molar-refractivity contribution is 7.99. The number of para-hydroxylation sites is 1. The summed E-state index contributed by atoms with van der Waals surface area (Å²) in [6.07, 6.45) is 5.21. The van der Waals surface area contributed by atoms with Gasteiger partial charge in [-0.05, 0) is 18.1 Å². The molecular formula is C15H17N3OS. The Morgan fingerprint density at radius 3 is 3.05 bits per heavy atom. The summed E-state index contributed by atoms with van der Waals surface area (Å²) in [5, 5.41) is 0.958. The van der Waals surface area contributed by atoms with Gasteiger partial charge < -0.3 is 9.47 Å². The molecule has 0 saturated heterocycles. The maximum Gasteiger partial charge on any atom is 0.227 e. The van der Waals surface area contributed by atoms with Crippen LogP contribution in [0.4, 0.5) is 5.69 Å². The van der Waals surface area contributed by atoms with Crippen LogP contribution in [0.2, 0.25) is 0 Å². The van der Waals surface area contributed by atoms with E-state index in [1.165, 1.54) is 5.56 Å². The Hall–Kier alpha value is -1.75. The van der Waals surface area contributed by atoms with E-state index in [9.17, 15) is 4.79 Å². The third kappa shape index (κ3) is 2.58. The van der Waals surface area contributed by atoms with Gasteiger partial charge in [-0.3, -0.25) is 4.79 Å². The van der Waals surface area contributed by atoms with Crippen molar-refractivity contribution in [1.29, 1.82) is 0 Å². The minimum absolute atomic E-state index is 0.205. The van der Waals surface area contributed by atoms with E-state index in [4.69, 9.17) is 0 Å². The molecule has 0 spiro atoms. The van der Waals surface area contributed by atoms with Gasteiger partial charge in [0.1, 0.15) is 0 Å². The van der Waals surface area contributed by atoms with Crippen LogP contribution in [-0.4, -0.2) is 27.8 Å². The van der Waals surface area contributed by atoms with Crippen LogP contribution in [0.15, 0.2) is 41.8 Å².